The van der Waals surface area contributed by atoms with Crippen LogP contribution in [0, 0.1) is 0 Å². The van der Waals surface area contributed by atoms with Crippen LogP contribution in [-0.2, 0) is 14.9 Å². The molecule has 2 aromatic rings. The van der Waals surface area contributed by atoms with Crippen molar-refractivity contribution in [1.82, 2.24) is 16.2 Å². The van der Waals surface area contributed by atoms with Crippen molar-refractivity contribution in [3.63, 3.8) is 0 Å². The number of nitrogens with one attached hydrogen (secondary N) is 3. The molecule has 0 saturated carbocycles. The third-order valence-corrected chi connectivity index (χ3v) is 5.81. The van der Waals surface area contributed by atoms with Crippen LogP contribution < -0.4 is 20.9 Å². The molecule has 3 N–H and O–H groups in total. The summed E-state index contributed by atoms with van der Waals surface area (Å²) < 4.78 is 11.3. The van der Waals surface area contributed by atoms with Gasteiger partial charge in [-0.3, -0.25) is 15.6 Å². The minimum atomic E-state index is -0.679. The van der Waals surface area contributed by atoms with Crippen molar-refractivity contribution in [2.45, 2.75) is 51.2 Å². The molecule has 1 amide bonds. The minimum absolute atomic E-state index is 0.126. The maximum Gasteiger partial charge on any atom is 0.279 e. The van der Waals surface area contributed by atoms with Gasteiger partial charge >= 0.3 is 0 Å². The first-order valence-corrected chi connectivity index (χ1v) is 11.0. The van der Waals surface area contributed by atoms with Crippen LogP contribution in [0.4, 0.5) is 0 Å². The fraction of sp³-hybridized carbons (Fsp3) is 0.417. The molecule has 0 unspecified atom stereocenters. The summed E-state index contributed by atoms with van der Waals surface area (Å²) in [5.41, 5.74) is 7.57. The fourth-order valence-electron chi connectivity index (χ4n) is 3.51. The first kappa shape index (κ1) is 23.0. The van der Waals surface area contributed by atoms with E-state index in [1.54, 1.807) is 6.92 Å². The Morgan fingerprint density at radius 2 is 1.81 bits per heavy atom. The summed E-state index contributed by atoms with van der Waals surface area (Å²) >= 11 is 5.18. The Balaban J connectivity index is 1.46. The molecule has 1 aliphatic rings. The predicted molar refractivity (Wildman–Crippen MR) is 126 cm³/mol. The van der Waals surface area contributed by atoms with Gasteiger partial charge in [-0.1, -0.05) is 56.3 Å². The normalized spacial score (nSPS) is 16.9. The molecular formula is C24H31N3O3S. The lowest BCUT2D eigenvalue weighted by atomic mass is 9.78. The smallest absolute Gasteiger partial charge is 0.279 e. The van der Waals surface area contributed by atoms with Crippen LogP contribution in [-0.4, -0.2) is 36.4 Å². The maximum absolute atomic E-state index is 12.3. The average molecular weight is 442 g/mol. The van der Waals surface area contributed by atoms with Gasteiger partial charge in [0.25, 0.3) is 5.91 Å². The minimum Gasteiger partial charge on any atom is -0.481 e. The zero-order valence-corrected chi connectivity index (χ0v) is 19.1. The van der Waals surface area contributed by atoms with Gasteiger partial charge < -0.3 is 14.8 Å². The van der Waals surface area contributed by atoms with E-state index in [9.17, 15) is 4.79 Å². The number of amides is 1. The lowest BCUT2D eigenvalue weighted by Crippen LogP contribution is -2.51. The van der Waals surface area contributed by atoms with Crippen LogP contribution in [0.2, 0.25) is 0 Å². The highest BCUT2D eigenvalue weighted by Gasteiger charge is 2.23. The fourth-order valence-corrected chi connectivity index (χ4v) is 3.64. The summed E-state index contributed by atoms with van der Waals surface area (Å²) in [7, 11) is 0. The van der Waals surface area contributed by atoms with Crippen molar-refractivity contribution < 1.29 is 14.3 Å². The van der Waals surface area contributed by atoms with Gasteiger partial charge in [-0.05, 0) is 55.2 Å². The summed E-state index contributed by atoms with van der Waals surface area (Å²) in [4.78, 5) is 12.3. The molecule has 1 saturated heterocycles. The number of carbonyl (C=O) groups excluding carboxylic acids is 1. The number of hydrazine groups is 1. The molecule has 1 heterocycles. The average Bonchev–Trinajstić information content (AvgIpc) is 3.30. The number of thiocarbonyl (C=S) groups is 1. The van der Waals surface area contributed by atoms with E-state index in [-0.39, 0.29) is 17.4 Å². The summed E-state index contributed by atoms with van der Waals surface area (Å²) in [6.45, 7) is 7.50. The molecular weight excluding hydrogens is 410 g/mol. The predicted octanol–water partition coefficient (Wildman–Crippen LogP) is 3.45. The molecule has 2 atom stereocenters. The molecule has 0 aromatic heterocycles. The van der Waals surface area contributed by atoms with E-state index in [4.69, 9.17) is 21.7 Å². The van der Waals surface area contributed by atoms with Gasteiger partial charge in [0, 0.05) is 18.6 Å². The van der Waals surface area contributed by atoms with Crippen LogP contribution >= 0.6 is 12.2 Å². The first-order chi connectivity index (χ1) is 14.9. The highest BCUT2D eigenvalue weighted by Crippen LogP contribution is 2.32. The Kier molecular flexibility index (Phi) is 7.87. The largest absolute Gasteiger partial charge is 0.481 e. The number of ether oxygens (including phenoxy) is 2. The monoisotopic (exact) mass is 441 g/mol. The molecule has 1 fully saturated rings. The molecule has 6 nitrogen and oxygen atoms in total. The number of carbonyl (C=O) groups is 1. The van der Waals surface area contributed by atoms with E-state index in [1.165, 1.54) is 11.1 Å². The number of hydrogen-bond acceptors (Lipinski definition) is 4. The Morgan fingerprint density at radius 3 is 2.45 bits per heavy atom. The molecule has 3 rings (SSSR count). The molecule has 0 bridgehead atoms. The lowest BCUT2D eigenvalue weighted by molar-refractivity contribution is -0.127. The number of benzene rings is 2. The van der Waals surface area contributed by atoms with Crippen molar-refractivity contribution in [2.24, 2.45) is 0 Å². The van der Waals surface area contributed by atoms with Gasteiger partial charge in [0.1, 0.15) is 5.75 Å². The zero-order chi connectivity index (χ0) is 22.3. The lowest BCUT2D eigenvalue weighted by Gasteiger charge is -2.26. The van der Waals surface area contributed by atoms with E-state index in [1.807, 2.05) is 42.5 Å². The van der Waals surface area contributed by atoms with Crippen LogP contribution in [0.25, 0.3) is 0 Å². The molecule has 31 heavy (non-hydrogen) atoms. The van der Waals surface area contributed by atoms with E-state index >= 15 is 0 Å². The molecule has 166 valence electrons. The Morgan fingerprint density at radius 1 is 1.13 bits per heavy atom. The second-order valence-corrected chi connectivity index (χ2v) is 8.64. The van der Waals surface area contributed by atoms with Gasteiger partial charge in [0.15, 0.2) is 11.2 Å². The SMILES string of the molecule is C[C@@H](Oc1ccc(C(C)(C)c2ccccc2)cc1)C(=O)NNC(=S)NC[C@H]1CCCO1. The zero-order valence-electron chi connectivity index (χ0n) is 18.3. The van der Waals surface area contributed by atoms with E-state index in [0.29, 0.717) is 17.4 Å². The molecule has 2 aromatic carbocycles. The van der Waals surface area contributed by atoms with Crippen molar-refractivity contribution in [2.75, 3.05) is 13.2 Å². The van der Waals surface area contributed by atoms with Crippen LogP contribution in [0.1, 0.15) is 44.7 Å². The van der Waals surface area contributed by atoms with Crippen molar-refractivity contribution in [1.29, 1.82) is 0 Å². The standard InChI is InChI=1S/C24H31N3O3S/c1-17(22(28)26-27-23(31)25-16-21-10-7-15-29-21)30-20-13-11-19(12-14-20)24(2,3)18-8-5-4-6-9-18/h4-6,8-9,11-14,17,21H,7,10,15-16H2,1-3H3,(H,26,28)(H2,25,27,31)/t17-,21-/m1/s1. The topological polar surface area (TPSA) is 71.6 Å². The number of hydrogen-bond donors (Lipinski definition) is 3. The molecule has 0 spiro atoms. The summed E-state index contributed by atoms with van der Waals surface area (Å²) in [5.74, 6) is 0.323. The molecule has 0 aliphatic carbocycles. The first-order valence-electron chi connectivity index (χ1n) is 10.6. The van der Waals surface area contributed by atoms with Crippen LogP contribution in [0.3, 0.4) is 0 Å². The van der Waals surface area contributed by atoms with Crippen molar-refractivity contribution in [3.8, 4) is 5.75 Å². The quantitative estimate of drug-likeness (QED) is 0.452. The Hall–Kier alpha value is -2.64. The molecule has 1 aliphatic heterocycles. The molecule has 0 radical (unpaired) electrons. The summed E-state index contributed by atoms with van der Waals surface area (Å²) in [5, 5.41) is 3.39. The van der Waals surface area contributed by atoms with E-state index in [2.05, 4.69) is 42.1 Å². The van der Waals surface area contributed by atoms with E-state index in [0.717, 1.165) is 19.4 Å². The second-order valence-electron chi connectivity index (χ2n) is 8.23. The Labute approximate surface area is 189 Å². The molecule has 7 heteroatoms. The second kappa shape index (κ2) is 10.6. The van der Waals surface area contributed by atoms with Crippen molar-refractivity contribution in [3.05, 3.63) is 65.7 Å². The number of rotatable bonds is 7. The highest BCUT2D eigenvalue weighted by molar-refractivity contribution is 7.80. The third-order valence-electron chi connectivity index (χ3n) is 5.57. The van der Waals surface area contributed by atoms with Gasteiger partial charge in [0.05, 0.1) is 6.10 Å². The van der Waals surface area contributed by atoms with Crippen molar-refractivity contribution >= 4 is 23.2 Å². The third kappa shape index (κ3) is 6.42. The van der Waals surface area contributed by atoms with Crippen LogP contribution in [0.5, 0.6) is 5.75 Å². The Bertz CT molecular complexity index is 865. The highest BCUT2D eigenvalue weighted by atomic mass is 32.1. The van der Waals surface area contributed by atoms with Gasteiger partial charge in [-0.15, -0.1) is 0 Å². The van der Waals surface area contributed by atoms with Gasteiger partial charge in [-0.2, -0.15) is 0 Å². The van der Waals surface area contributed by atoms with Gasteiger partial charge in [0.2, 0.25) is 0 Å². The van der Waals surface area contributed by atoms with Crippen LogP contribution in [0.15, 0.2) is 54.6 Å². The van der Waals surface area contributed by atoms with E-state index < -0.39 is 6.10 Å². The van der Waals surface area contributed by atoms with Gasteiger partial charge in [-0.25, -0.2) is 0 Å². The summed E-state index contributed by atoms with van der Waals surface area (Å²) in [6, 6.07) is 18.2. The summed E-state index contributed by atoms with van der Waals surface area (Å²) in [6.07, 6.45) is 1.59. The maximum atomic E-state index is 12.3.